The van der Waals surface area contributed by atoms with E-state index in [1.54, 1.807) is 11.3 Å². The maximum Gasteiger partial charge on any atom is 0.257 e. The number of amides is 1. The summed E-state index contributed by atoms with van der Waals surface area (Å²) in [5.74, 6) is 0.180. The molecule has 1 amide bonds. The summed E-state index contributed by atoms with van der Waals surface area (Å²) in [7, 11) is 0. The lowest BCUT2D eigenvalue weighted by atomic mass is 9.77. The van der Waals surface area contributed by atoms with Crippen molar-refractivity contribution in [3.63, 3.8) is 0 Å². The molecule has 2 N–H and O–H groups in total. The highest BCUT2D eigenvalue weighted by molar-refractivity contribution is 7.16. The second-order valence-electron chi connectivity index (χ2n) is 6.94. The molecule has 3 nitrogen and oxygen atoms in total. The lowest BCUT2D eigenvalue weighted by Crippen LogP contribution is -2.36. The molecule has 1 aromatic heterocycles. The Balaban J connectivity index is 1.90. The molecular weight excluding hydrogens is 268 g/mol. The van der Waals surface area contributed by atoms with E-state index in [1.165, 1.54) is 16.9 Å². The van der Waals surface area contributed by atoms with Crippen LogP contribution < -0.4 is 5.73 Å². The van der Waals surface area contributed by atoms with E-state index in [9.17, 15) is 4.79 Å². The van der Waals surface area contributed by atoms with Crippen LogP contribution in [-0.4, -0.2) is 23.9 Å². The third-order valence-electron chi connectivity index (χ3n) is 4.67. The minimum absolute atomic E-state index is 0.180. The average Bonchev–Trinajstić information content (AvgIpc) is 2.72. The average molecular weight is 292 g/mol. The smallest absolute Gasteiger partial charge is 0.257 e. The molecule has 0 bridgehead atoms. The quantitative estimate of drug-likeness (QED) is 0.861. The summed E-state index contributed by atoms with van der Waals surface area (Å²) in [5, 5.41) is 0.739. The summed E-state index contributed by atoms with van der Waals surface area (Å²) >= 11 is 1.64. The molecule has 0 aromatic carbocycles. The fraction of sp³-hybridized carbons (Fsp3) is 0.688. The minimum Gasteiger partial charge on any atom is -0.390 e. The zero-order valence-electron chi connectivity index (χ0n) is 12.5. The highest BCUT2D eigenvalue weighted by Gasteiger charge is 2.33. The Morgan fingerprint density at radius 3 is 2.65 bits per heavy atom. The Hall–Kier alpha value is -1.03. The van der Waals surface area contributed by atoms with Crippen LogP contribution in [0.25, 0.3) is 0 Å². The molecule has 0 atom stereocenters. The van der Waals surface area contributed by atoms with Gasteiger partial charge in [-0.25, -0.2) is 0 Å². The van der Waals surface area contributed by atoms with Gasteiger partial charge in [-0.2, -0.15) is 0 Å². The fourth-order valence-electron chi connectivity index (χ4n) is 3.42. The van der Waals surface area contributed by atoms with E-state index in [1.807, 2.05) is 4.90 Å². The molecule has 1 saturated heterocycles. The van der Waals surface area contributed by atoms with Gasteiger partial charge in [0.15, 0.2) is 0 Å². The summed E-state index contributed by atoms with van der Waals surface area (Å²) in [6.45, 7) is 6.40. The van der Waals surface area contributed by atoms with Crippen molar-refractivity contribution in [2.24, 2.45) is 5.41 Å². The number of rotatable bonds is 1. The zero-order chi connectivity index (χ0) is 14.3. The molecule has 0 radical (unpaired) electrons. The van der Waals surface area contributed by atoms with Gasteiger partial charge in [-0.1, -0.05) is 13.8 Å². The van der Waals surface area contributed by atoms with Gasteiger partial charge in [0, 0.05) is 18.0 Å². The first-order chi connectivity index (χ1) is 9.48. The lowest BCUT2D eigenvalue weighted by Gasteiger charge is -2.31. The Kier molecular flexibility index (Phi) is 3.53. The molecule has 2 heterocycles. The second kappa shape index (κ2) is 5.06. The summed E-state index contributed by atoms with van der Waals surface area (Å²) < 4.78 is 0. The van der Waals surface area contributed by atoms with E-state index in [4.69, 9.17) is 5.73 Å². The van der Waals surface area contributed by atoms with Gasteiger partial charge in [0.2, 0.25) is 0 Å². The largest absolute Gasteiger partial charge is 0.390 e. The molecule has 20 heavy (non-hydrogen) atoms. The number of anilines is 1. The van der Waals surface area contributed by atoms with E-state index >= 15 is 0 Å². The lowest BCUT2D eigenvalue weighted by molar-refractivity contribution is 0.0724. The van der Waals surface area contributed by atoms with Crippen LogP contribution >= 0.6 is 11.3 Å². The Labute approximate surface area is 125 Å². The predicted molar refractivity (Wildman–Crippen MR) is 84.3 cm³/mol. The van der Waals surface area contributed by atoms with Crippen molar-refractivity contribution in [3.8, 4) is 0 Å². The molecule has 1 aliphatic carbocycles. The van der Waals surface area contributed by atoms with E-state index in [0.29, 0.717) is 5.41 Å². The van der Waals surface area contributed by atoms with Crippen LogP contribution in [0.1, 0.15) is 60.3 Å². The third kappa shape index (κ3) is 2.46. The van der Waals surface area contributed by atoms with Crippen molar-refractivity contribution in [3.05, 3.63) is 16.0 Å². The van der Waals surface area contributed by atoms with Gasteiger partial charge in [0.1, 0.15) is 0 Å². The molecule has 0 saturated carbocycles. The van der Waals surface area contributed by atoms with E-state index in [2.05, 4.69) is 13.8 Å². The number of carbonyl (C=O) groups excluding carboxylic acids is 1. The van der Waals surface area contributed by atoms with Gasteiger partial charge >= 0.3 is 0 Å². The van der Waals surface area contributed by atoms with Gasteiger partial charge in [0.25, 0.3) is 5.91 Å². The summed E-state index contributed by atoms with van der Waals surface area (Å²) in [6.07, 6.45) is 6.72. The van der Waals surface area contributed by atoms with Crippen molar-refractivity contribution < 1.29 is 4.79 Å². The summed E-state index contributed by atoms with van der Waals surface area (Å²) in [4.78, 5) is 16.1. The molecule has 3 rings (SSSR count). The number of fused-ring (bicyclic) bond motifs is 1. The molecule has 1 fully saturated rings. The normalized spacial score (nSPS) is 21.6. The van der Waals surface area contributed by atoms with Crippen LogP contribution in [0, 0.1) is 5.41 Å². The van der Waals surface area contributed by atoms with Crippen molar-refractivity contribution in [2.75, 3.05) is 18.8 Å². The first-order valence-electron chi connectivity index (χ1n) is 7.67. The molecular formula is C16H24N2OS. The van der Waals surface area contributed by atoms with E-state index < -0.39 is 0 Å². The van der Waals surface area contributed by atoms with Crippen LogP contribution in [0.3, 0.4) is 0 Å². The number of nitrogens with two attached hydrogens (primary N) is 1. The molecule has 4 heteroatoms. The maximum absolute atomic E-state index is 12.8. The van der Waals surface area contributed by atoms with Crippen LogP contribution in [0.5, 0.6) is 0 Å². The first kappa shape index (κ1) is 13.9. The molecule has 0 spiro atoms. The minimum atomic E-state index is 0.180. The molecule has 1 aliphatic heterocycles. The number of likely N-dealkylation sites (tertiary alicyclic amines) is 1. The first-order valence-corrected chi connectivity index (χ1v) is 8.49. The van der Waals surface area contributed by atoms with Crippen molar-refractivity contribution in [1.82, 2.24) is 4.90 Å². The highest BCUT2D eigenvalue weighted by Crippen LogP contribution is 2.43. The number of carbonyl (C=O) groups is 1. The van der Waals surface area contributed by atoms with Crippen molar-refractivity contribution in [1.29, 1.82) is 0 Å². The van der Waals surface area contributed by atoms with Crippen LogP contribution in [-0.2, 0) is 12.8 Å². The number of hydrogen-bond donors (Lipinski definition) is 1. The van der Waals surface area contributed by atoms with Gasteiger partial charge < -0.3 is 10.6 Å². The summed E-state index contributed by atoms with van der Waals surface area (Å²) in [6, 6.07) is 0. The number of piperidine rings is 1. The van der Waals surface area contributed by atoms with Crippen molar-refractivity contribution >= 4 is 22.2 Å². The standard InChI is InChI=1S/C16H24N2OS/c1-16(2)7-6-11-12(10-16)20-14(17)13(11)15(19)18-8-4-3-5-9-18/h3-10,17H2,1-2H3. The van der Waals surface area contributed by atoms with E-state index in [-0.39, 0.29) is 5.91 Å². The van der Waals surface area contributed by atoms with Gasteiger partial charge in [-0.15, -0.1) is 11.3 Å². The highest BCUT2D eigenvalue weighted by atomic mass is 32.1. The topological polar surface area (TPSA) is 46.3 Å². The van der Waals surface area contributed by atoms with Gasteiger partial charge in [0.05, 0.1) is 10.6 Å². The SMILES string of the molecule is CC1(C)CCc2c(sc(N)c2C(=O)N2CCCCC2)C1. The second-order valence-corrected chi connectivity index (χ2v) is 8.07. The molecule has 0 unspecified atom stereocenters. The van der Waals surface area contributed by atoms with Crippen LogP contribution in [0.15, 0.2) is 0 Å². The molecule has 110 valence electrons. The number of hydrogen-bond acceptors (Lipinski definition) is 3. The van der Waals surface area contributed by atoms with Gasteiger partial charge in [-0.05, 0) is 49.5 Å². The number of nitrogens with zero attached hydrogens (tertiary/aromatic N) is 1. The molecule has 1 aromatic rings. The third-order valence-corrected chi connectivity index (χ3v) is 5.73. The fourth-order valence-corrected chi connectivity index (χ4v) is 4.78. The van der Waals surface area contributed by atoms with E-state index in [0.717, 1.165) is 55.8 Å². The maximum atomic E-state index is 12.8. The predicted octanol–water partition coefficient (Wildman–Crippen LogP) is 3.47. The van der Waals surface area contributed by atoms with Gasteiger partial charge in [-0.3, -0.25) is 4.79 Å². The van der Waals surface area contributed by atoms with Crippen molar-refractivity contribution in [2.45, 2.75) is 52.4 Å². The Bertz CT molecular complexity index is 527. The Morgan fingerprint density at radius 2 is 1.95 bits per heavy atom. The summed E-state index contributed by atoms with van der Waals surface area (Å²) in [5.41, 5.74) is 8.62. The molecule has 2 aliphatic rings. The number of thiophene rings is 1. The number of nitrogen functional groups attached to an aromatic ring is 1. The van der Waals surface area contributed by atoms with Crippen LogP contribution in [0.4, 0.5) is 5.00 Å². The zero-order valence-corrected chi connectivity index (χ0v) is 13.3. The monoisotopic (exact) mass is 292 g/mol. The Morgan fingerprint density at radius 1 is 1.25 bits per heavy atom. The van der Waals surface area contributed by atoms with Crippen LogP contribution in [0.2, 0.25) is 0 Å².